The van der Waals surface area contributed by atoms with Crippen LogP contribution in [0.3, 0.4) is 0 Å². The fraction of sp³-hybridized carbons (Fsp3) is 0.500. The normalized spacial score (nSPS) is 22.0. The van der Waals surface area contributed by atoms with Gasteiger partial charge in [-0.3, -0.25) is 0 Å². The summed E-state index contributed by atoms with van der Waals surface area (Å²) in [6, 6.07) is 0. The summed E-state index contributed by atoms with van der Waals surface area (Å²) in [5, 5.41) is 11.2. The molecule has 0 bridgehead atoms. The summed E-state index contributed by atoms with van der Waals surface area (Å²) in [5.74, 6) is -2.54. The maximum Gasteiger partial charge on any atom is 0.248 e. The topological polar surface area (TPSA) is 37.5 Å². The first-order valence-electron chi connectivity index (χ1n) is 8.23. The van der Waals surface area contributed by atoms with Crippen LogP contribution in [0.1, 0.15) is 42.9 Å². The number of alkyl halides is 2. The van der Waals surface area contributed by atoms with Gasteiger partial charge in [-0.25, -0.2) is 13.8 Å². The van der Waals surface area contributed by atoms with Gasteiger partial charge < -0.3 is 9.51 Å². The molecule has 122 valence electrons. The Hall–Kier alpha value is -1.75. The van der Waals surface area contributed by atoms with E-state index in [1.165, 1.54) is 5.56 Å². The molecule has 1 fully saturated rings. The second kappa shape index (κ2) is 5.41. The van der Waals surface area contributed by atoms with Gasteiger partial charge in [0.05, 0.1) is 24.6 Å². The Bertz CT molecular complexity index is 799. The lowest BCUT2D eigenvalue weighted by molar-refractivity contribution is -0.0506. The van der Waals surface area contributed by atoms with E-state index in [1.54, 1.807) is 6.33 Å². The average Bonchev–Trinajstić information content (AvgIpc) is 3.12. The highest BCUT2D eigenvalue weighted by Crippen LogP contribution is 2.43. The zero-order valence-electron chi connectivity index (χ0n) is 12.9. The van der Waals surface area contributed by atoms with Gasteiger partial charge in [0, 0.05) is 29.7 Å². The minimum atomic E-state index is -2.54. The van der Waals surface area contributed by atoms with E-state index in [4.69, 9.17) is 0 Å². The Balaban J connectivity index is 1.77. The molecule has 4 rings (SSSR count). The summed E-state index contributed by atoms with van der Waals surface area (Å²) in [6.45, 7) is -0.0102. The second-order valence-corrected chi connectivity index (χ2v) is 6.71. The van der Waals surface area contributed by atoms with Gasteiger partial charge in [0.2, 0.25) is 5.92 Å². The van der Waals surface area contributed by atoms with Crippen molar-refractivity contribution in [2.45, 2.75) is 43.9 Å². The molecule has 23 heavy (non-hydrogen) atoms. The van der Waals surface area contributed by atoms with Crippen molar-refractivity contribution in [3.05, 3.63) is 41.2 Å². The number of aliphatic hydroxyl groups excluding tert-OH is 1. The van der Waals surface area contributed by atoms with Crippen LogP contribution in [0.5, 0.6) is 0 Å². The lowest BCUT2D eigenvalue weighted by atomic mass is 9.76. The number of rotatable bonds is 3. The van der Waals surface area contributed by atoms with Crippen molar-refractivity contribution < 1.29 is 13.9 Å². The Morgan fingerprint density at radius 1 is 1.35 bits per heavy atom. The van der Waals surface area contributed by atoms with Crippen molar-refractivity contribution in [2.24, 2.45) is 5.92 Å². The van der Waals surface area contributed by atoms with Crippen molar-refractivity contribution in [3.8, 4) is 0 Å². The molecule has 5 heteroatoms. The molecule has 0 radical (unpaired) electrons. The van der Waals surface area contributed by atoms with Gasteiger partial charge in [-0.1, -0.05) is 18.2 Å². The first-order chi connectivity index (χ1) is 11.1. The molecule has 1 unspecified atom stereocenters. The van der Waals surface area contributed by atoms with Crippen molar-refractivity contribution in [1.82, 2.24) is 9.38 Å². The van der Waals surface area contributed by atoms with E-state index in [-0.39, 0.29) is 31.3 Å². The van der Waals surface area contributed by atoms with Gasteiger partial charge >= 0.3 is 0 Å². The first-order valence-corrected chi connectivity index (χ1v) is 8.23. The van der Waals surface area contributed by atoms with Crippen molar-refractivity contribution in [3.63, 3.8) is 0 Å². The van der Waals surface area contributed by atoms with Crippen LogP contribution in [0.25, 0.3) is 11.6 Å². The van der Waals surface area contributed by atoms with Gasteiger partial charge in [0.25, 0.3) is 0 Å². The Morgan fingerprint density at radius 3 is 2.87 bits per heavy atom. The smallest absolute Gasteiger partial charge is 0.248 e. The van der Waals surface area contributed by atoms with Gasteiger partial charge in [0.15, 0.2) is 0 Å². The molecule has 0 amide bonds. The maximum absolute atomic E-state index is 13.5. The number of aromatic nitrogens is 2. The predicted octanol–water partition coefficient (Wildman–Crippen LogP) is 2.85. The lowest BCUT2D eigenvalue weighted by Crippen LogP contribution is -2.30. The summed E-state index contributed by atoms with van der Waals surface area (Å²) in [6.07, 6.45) is 11.4. The summed E-state index contributed by atoms with van der Waals surface area (Å²) in [5.41, 5.74) is 3.31. The Kier molecular flexibility index (Phi) is 3.48. The van der Waals surface area contributed by atoms with Crippen LogP contribution in [0.2, 0.25) is 0 Å². The number of fused-ring (bicyclic) bond motifs is 3. The van der Waals surface area contributed by atoms with E-state index in [1.807, 2.05) is 16.7 Å². The van der Waals surface area contributed by atoms with Crippen LogP contribution >= 0.6 is 0 Å². The largest absolute Gasteiger partial charge is 0.396 e. The minimum Gasteiger partial charge on any atom is -0.396 e. The fourth-order valence-corrected chi connectivity index (χ4v) is 4.20. The molecule has 0 saturated heterocycles. The third kappa shape index (κ3) is 2.38. The lowest BCUT2D eigenvalue weighted by Gasteiger charge is -2.33. The van der Waals surface area contributed by atoms with Gasteiger partial charge in [-0.15, -0.1) is 0 Å². The molecule has 0 aliphatic heterocycles. The third-order valence-electron chi connectivity index (χ3n) is 5.41. The number of imidazole rings is 1. The molecule has 0 spiro atoms. The number of hydrogen-bond acceptors (Lipinski definition) is 2. The Morgan fingerprint density at radius 2 is 2.13 bits per heavy atom. The minimum absolute atomic E-state index is 0.0102. The molecular formula is C18H20F2N2O. The predicted molar refractivity (Wildman–Crippen MR) is 84.5 cm³/mol. The van der Waals surface area contributed by atoms with Gasteiger partial charge in [0.1, 0.15) is 0 Å². The van der Waals surface area contributed by atoms with E-state index in [0.717, 1.165) is 22.9 Å². The highest BCUT2D eigenvalue weighted by Gasteiger charge is 2.39. The second-order valence-electron chi connectivity index (χ2n) is 6.71. The molecule has 2 aliphatic carbocycles. The molecule has 2 aromatic heterocycles. The van der Waals surface area contributed by atoms with Crippen LogP contribution < -0.4 is 5.22 Å². The summed E-state index contributed by atoms with van der Waals surface area (Å²) in [4.78, 5) is 4.23. The number of hydrogen-bond donors (Lipinski definition) is 1. The van der Waals surface area contributed by atoms with Crippen LogP contribution in [0, 0.1) is 5.92 Å². The van der Waals surface area contributed by atoms with Crippen LogP contribution in [0.15, 0.2) is 24.7 Å². The molecule has 2 aliphatic rings. The van der Waals surface area contributed by atoms with Crippen LogP contribution in [-0.4, -0.2) is 27.0 Å². The van der Waals surface area contributed by atoms with Gasteiger partial charge in [-0.2, -0.15) is 0 Å². The van der Waals surface area contributed by atoms with E-state index in [0.29, 0.717) is 12.8 Å². The molecule has 1 saturated carbocycles. The summed E-state index contributed by atoms with van der Waals surface area (Å²) in [7, 11) is 0. The highest BCUT2D eigenvalue weighted by molar-refractivity contribution is 5.63. The molecular weight excluding hydrogens is 298 g/mol. The number of allylic oxidation sites excluding steroid dienone is 2. The maximum atomic E-state index is 13.5. The average molecular weight is 318 g/mol. The van der Waals surface area contributed by atoms with E-state index in [2.05, 4.69) is 17.1 Å². The molecule has 0 aromatic carbocycles. The van der Waals surface area contributed by atoms with Crippen LogP contribution in [0.4, 0.5) is 8.78 Å². The van der Waals surface area contributed by atoms with Crippen molar-refractivity contribution in [2.75, 3.05) is 6.61 Å². The van der Waals surface area contributed by atoms with Crippen molar-refractivity contribution in [1.29, 1.82) is 0 Å². The summed E-state index contributed by atoms with van der Waals surface area (Å²) < 4.78 is 29.0. The number of nitrogens with zero attached hydrogens (tertiary/aromatic N) is 2. The van der Waals surface area contributed by atoms with Crippen LogP contribution in [-0.2, 0) is 6.42 Å². The van der Waals surface area contributed by atoms with E-state index < -0.39 is 5.92 Å². The molecule has 2 heterocycles. The number of halogens is 2. The van der Waals surface area contributed by atoms with E-state index in [9.17, 15) is 13.9 Å². The molecule has 1 N–H and O–H groups in total. The molecule has 1 atom stereocenters. The highest BCUT2D eigenvalue weighted by atomic mass is 19.3. The third-order valence-corrected chi connectivity index (χ3v) is 5.41. The monoisotopic (exact) mass is 318 g/mol. The fourth-order valence-electron chi connectivity index (χ4n) is 4.20. The zero-order valence-corrected chi connectivity index (χ0v) is 12.9. The SMILES string of the molecule is OCC(c1c2c(c3cncn13)=CC=CC2)C1CCC(F)(F)CC1. The molecule has 2 aromatic rings. The quantitative estimate of drug-likeness (QED) is 0.945. The van der Waals surface area contributed by atoms with Crippen molar-refractivity contribution >= 4 is 11.6 Å². The summed E-state index contributed by atoms with van der Waals surface area (Å²) >= 11 is 0. The zero-order chi connectivity index (χ0) is 16.0. The van der Waals surface area contributed by atoms with Gasteiger partial charge in [-0.05, 0) is 30.7 Å². The van der Waals surface area contributed by atoms with E-state index >= 15 is 0 Å². The molecule has 3 nitrogen and oxygen atoms in total. The number of aliphatic hydroxyl groups is 1. The standard InChI is InChI=1S/C18H20F2N2O/c19-18(20)7-5-12(6-8-18)15(10-23)17-14-4-2-1-3-13(14)16-9-21-11-22(16)17/h1-3,9,11-12,15,23H,4-8,10H2. The Labute approximate surface area is 133 Å². The first kappa shape index (κ1) is 14.8.